The molecule has 0 amide bonds. The van der Waals surface area contributed by atoms with E-state index in [0.717, 1.165) is 22.6 Å². The Bertz CT molecular complexity index is 1490. The first-order valence-electron chi connectivity index (χ1n) is 12.4. The van der Waals surface area contributed by atoms with Gasteiger partial charge in [-0.05, 0) is 58.0 Å². The zero-order chi connectivity index (χ0) is 26.3. The molecule has 198 valence electrons. The molecule has 7 nitrogen and oxygen atoms in total. The molecule has 6 rings (SSSR count). The first-order chi connectivity index (χ1) is 18.4. The van der Waals surface area contributed by atoms with Crippen LogP contribution >= 0.6 is 0 Å². The van der Waals surface area contributed by atoms with E-state index in [0.29, 0.717) is 17.3 Å². The van der Waals surface area contributed by atoms with Crippen LogP contribution in [0.4, 0.5) is 17.1 Å². The van der Waals surface area contributed by atoms with Crippen molar-refractivity contribution < 1.29 is 25.8 Å². The van der Waals surface area contributed by atoms with Crippen molar-refractivity contribution in [2.45, 2.75) is 19.4 Å². The molecule has 0 fully saturated rings. The van der Waals surface area contributed by atoms with E-state index in [1.54, 1.807) is 12.4 Å². The minimum absolute atomic E-state index is 0. The van der Waals surface area contributed by atoms with E-state index in [2.05, 4.69) is 83.7 Å². The van der Waals surface area contributed by atoms with Gasteiger partial charge in [0, 0.05) is 35.1 Å². The first kappa shape index (κ1) is 26.9. The first-order valence-corrected chi connectivity index (χ1v) is 12.4. The zero-order valence-corrected chi connectivity index (χ0v) is 24.4. The fraction of sp³-hybridized carbons (Fsp3) is 0.161. The van der Waals surface area contributed by atoms with Crippen LogP contribution in [-0.2, 0) is 26.6 Å². The van der Waals surface area contributed by atoms with Gasteiger partial charge in [-0.15, -0.1) is 47.8 Å². The fourth-order valence-electron chi connectivity index (χ4n) is 4.61. The third-order valence-electron chi connectivity index (χ3n) is 6.93. The molecule has 0 unspecified atom stereocenters. The minimum Gasteiger partial charge on any atom is -0.510 e. The number of benzene rings is 3. The molecule has 3 aromatic carbocycles. The summed E-state index contributed by atoms with van der Waals surface area (Å²) in [5.41, 5.74) is 4.71. The Morgan fingerprint density at radius 3 is 2.36 bits per heavy atom. The molecule has 4 aromatic rings. The van der Waals surface area contributed by atoms with Crippen LogP contribution < -0.4 is 14.5 Å². The van der Waals surface area contributed by atoms with Gasteiger partial charge in [-0.1, -0.05) is 23.8 Å². The maximum atomic E-state index is 6.36. The van der Waals surface area contributed by atoms with Crippen molar-refractivity contribution in [3.05, 3.63) is 116 Å². The van der Waals surface area contributed by atoms with Gasteiger partial charge in [0.15, 0.2) is 0 Å². The summed E-state index contributed by atoms with van der Waals surface area (Å²) >= 11 is 0. The molecular weight excluding hydrogens is 667 g/mol. The second-order valence-electron chi connectivity index (χ2n) is 9.85. The zero-order valence-electron chi connectivity index (χ0n) is 22.1. The van der Waals surface area contributed by atoms with Crippen molar-refractivity contribution in [3.63, 3.8) is 0 Å². The Morgan fingerprint density at radius 2 is 1.59 bits per heavy atom. The summed E-state index contributed by atoms with van der Waals surface area (Å²) in [7, 11) is 4.07. The average molecular weight is 696 g/mol. The summed E-state index contributed by atoms with van der Waals surface area (Å²) in [5, 5.41) is 0. The number of anilines is 3. The summed E-state index contributed by atoms with van der Waals surface area (Å²) in [4.78, 5) is 17.3. The Kier molecular flexibility index (Phi) is 7.48. The van der Waals surface area contributed by atoms with Gasteiger partial charge in [0.25, 0.3) is 0 Å². The molecule has 39 heavy (non-hydrogen) atoms. The van der Waals surface area contributed by atoms with Gasteiger partial charge < -0.3 is 24.3 Å². The molecule has 0 saturated carbocycles. The summed E-state index contributed by atoms with van der Waals surface area (Å²) in [6.07, 6.45) is 7.45. The third-order valence-corrected chi connectivity index (χ3v) is 6.93. The Labute approximate surface area is 244 Å². The molecule has 8 heteroatoms. The van der Waals surface area contributed by atoms with Crippen LogP contribution in [0.15, 0.2) is 85.5 Å². The predicted octanol–water partition coefficient (Wildman–Crippen LogP) is 6.31. The van der Waals surface area contributed by atoms with Crippen LogP contribution in [0.3, 0.4) is 0 Å². The molecule has 0 bridgehead atoms. The van der Waals surface area contributed by atoms with E-state index in [1.165, 1.54) is 5.56 Å². The van der Waals surface area contributed by atoms with Crippen LogP contribution in [0.2, 0.25) is 0 Å². The number of hydrogen-bond acceptors (Lipinski definition) is 7. The monoisotopic (exact) mass is 695 g/mol. The SMILES string of the molecule is CN1C=CN(c2[c-]c(Oc3[c-]c(N4[CH-]N(C)C(C)(C)c5ccccc54)cc(-c4ncccn4)c3)ccc2)[CH-]1.[Pt+4]. The number of nitrogens with zero attached hydrogens (tertiary/aromatic N) is 6. The van der Waals surface area contributed by atoms with E-state index in [4.69, 9.17) is 4.74 Å². The summed E-state index contributed by atoms with van der Waals surface area (Å²) < 4.78 is 6.36. The van der Waals surface area contributed by atoms with Gasteiger partial charge in [0.1, 0.15) is 5.82 Å². The molecular formula is C31H28N6OPt. The predicted molar refractivity (Wildman–Crippen MR) is 149 cm³/mol. The van der Waals surface area contributed by atoms with Crippen molar-refractivity contribution in [2.75, 3.05) is 23.9 Å². The van der Waals surface area contributed by atoms with Crippen molar-refractivity contribution in [3.8, 4) is 22.9 Å². The molecule has 0 aliphatic carbocycles. The maximum absolute atomic E-state index is 6.36. The van der Waals surface area contributed by atoms with E-state index in [9.17, 15) is 0 Å². The van der Waals surface area contributed by atoms with Crippen molar-refractivity contribution in [1.29, 1.82) is 0 Å². The summed E-state index contributed by atoms with van der Waals surface area (Å²) in [6, 6.07) is 26.9. The van der Waals surface area contributed by atoms with Gasteiger partial charge in [-0.25, -0.2) is 9.97 Å². The van der Waals surface area contributed by atoms with Crippen LogP contribution in [0.1, 0.15) is 19.4 Å². The minimum atomic E-state index is -0.156. The van der Waals surface area contributed by atoms with Gasteiger partial charge >= 0.3 is 21.1 Å². The van der Waals surface area contributed by atoms with Crippen LogP contribution in [0, 0.1) is 25.5 Å². The number of aromatic nitrogens is 2. The van der Waals surface area contributed by atoms with Crippen molar-refractivity contribution >= 4 is 17.1 Å². The van der Waals surface area contributed by atoms with Crippen molar-refractivity contribution in [1.82, 2.24) is 19.8 Å². The number of para-hydroxylation sites is 1. The van der Waals surface area contributed by atoms with E-state index in [-0.39, 0.29) is 26.6 Å². The standard InChI is InChI=1S/C31H28N6O.Pt/c1-31(2)28-11-5-6-12-29(28)37(22-35(31)4)25-17-23(30-32-13-8-14-33-30)18-27(20-25)38-26-10-7-9-24(19-26)36-16-15-34(3)21-36;/h5-18,21-22H,1-4H3;/q-4;+4. The molecule has 0 N–H and O–H groups in total. The van der Waals surface area contributed by atoms with Gasteiger partial charge in [-0.2, -0.15) is 19.4 Å². The summed E-state index contributed by atoms with van der Waals surface area (Å²) in [6.45, 7) is 8.53. The number of fused-ring (bicyclic) bond motifs is 1. The third kappa shape index (κ3) is 5.29. The van der Waals surface area contributed by atoms with Crippen LogP contribution in [-0.4, -0.2) is 33.9 Å². The van der Waals surface area contributed by atoms with E-state index in [1.807, 2.05) is 72.3 Å². The number of hydrogen-bond donors (Lipinski definition) is 0. The quantitative estimate of drug-likeness (QED) is 0.227. The van der Waals surface area contributed by atoms with Crippen LogP contribution in [0.25, 0.3) is 11.4 Å². The average Bonchev–Trinajstić information content (AvgIpc) is 3.38. The summed E-state index contributed by atoms with van der Waals surface area (Å²) in [5.74, 6) is 1.76. The van der Waals surface area contributed by atoms with Crippen molar-refractivity contribution in [2.24, 2.45) is 0 Å². The molecule has 2 aliphatic heterocycles. The normalized spacial score (nSPS) is 16.2. The molecule has 0 spiro atoms. The molecule has 0 atom stereocenters. The topological polar surface area (TPSA) is 48.0 Å². The van der Waals surface area contributed by atoms with Gasteiger partial charge in [0.05, 0.1) is 0 Å². The largest absolute Gasteiger partial charge is 4.00 e. The van der Waals surface area contributed by atoms with Gasteiger partial charge in [0.2, 0.25) is 0 Å². The van der Waals surface area contributed by atoms with Gasteiger partial charge in [-0.3, -0.25) is 0 Å². The van der Waals surface area contributed by atoms with Crippen LogP contribution in [0.5, 0.6) is 11.5 Å². The molecule has 2 aliphatic rings. The second-order valence-corrected chi connectivity index (χ2v) is 9.85. The molecule has 3 heterocycles. The second kappa shape index (κ2) is 10.8. The maximum Gasteiger partial charge on any atom is 4.00 e. The Morgan fingerprint density at radius 1 is 0.821 bits per heavy atom. The Balaban J connectivity index is 0.00000308. The number of rotatable bonds is 5. The number of ether oxygens (including phenoxy) is 1. The van der Waals surface area contributed by atoms with E-state index < -0.39 is 0 Å². The molecule has 1 aromatic heterocycles. The smallest absolute Gasteiger partial charge is 0.510 e. The Hall–Kier alpha value is -3.67. The van der Waals surface area contributed by atoms with E-state index >= 15 is 0 Å². The molecule has 0 radical (unpaired) electrons. The fourth-order valence-corrected chi connectivity index (χ4v) is 4.61. The molecule has 0 saturated heterocycles.